The van der Waals surface area contributed by atoms with Gasteiger partial charge >= 0.3 is 0 Å². The van der Waals surface area contributed by atoms with E-state index in [0.29, 0.717) is 0 Å². The van der Waals surface area contributed by atoms with Crippen LogP contribution in [0.5, 0.6) is 0 Å². The Morgan fingerprint density at radius 2 is 1.37 bits per heavy atom. The van der Waals surface area contributed by atoms with Gasteiger partial charge in [0.25, 0.3) is 0 Å². The smallest absolute Gasteiger partial charge is 0.243 e. The summed E-state index contributed by atoms with van der Waals surface area (Å²) < 4.78 is 8.34. The molecule has 2 aromatic rings. The van der Waals surface area contributed by atoms with E-state index in [9.17, 15) is 0 Å². The minimum atomic E-state index is -1.75. The number of hydrogen-bond donors (Lipinski definition) is 0. The van der Waals surface area contributed by atoms with Crippen molar-refractivity contribution in [3.05, 3.63) is 80.7 Å². The van der Waals surface area contributed by atoms with Crippen molar-refractivity contribution in [1.29, 1.82) is 0 Å². The summed E-state index contributed by atoms with van der Waals surface area (Å²) in [7, 11) is 4.04. The second kappa shape index (κ2) is 16.1. The zero-order valence-corrected chi connectivity index (χ0v) is 15.7. The lowest BCUT2D eigenvalue weighted by molar-refractivity contribution is -0.671. The molecule has 0 atom stereocenters. The molecule has 2 heterocycles. The predicted octanol–water partition coefficient (Wildman–Crippen LogP) is 1.13. The van der Waals surface area contributed by atoms with E-state index >= 15 is 0 Å². The molecule has 2 aromatic heterocycles. The fourth-order valence-corrected chi connectivity index (χ4v) is 1.73. The van der Waals surface area contributed by atoms with Crippen LogP contribution in [0.25, 0.3) is 0 Å². The molecule has 12 heteroatoms. The van der Waals surface area contributed by atoms with Crippen LogP contribution < -0.4 is 9.13 Å². The van der Waals surface area contributed by atoms with Gasteiger partial charge in [-0.15, -0.1) is 0 Å². The maximum Gasteiger partial charge on any atom is 0.243 e. The molecule has 0 aliphatic carbocycles. The Labute approximate surface area is 157 Å². The van der Waals surface area contributed by atoms with Gasteiger partial charge in [0.2, 0.25) is 12.7 Å². The quantitative estimate of drug-likeness (QED) is 0.325. The molecule has 12 nitrogen and oxygen atoms in total. The summed E-state index contributed by atoms with van der Waals surface area (Å²) in [6.07, 6.45) is 16.7. The molecule has 0 radical (unpaired) electrons. The lowest BCUT2D eigenvalue weighted by Crippen LogP contribution is -2.23. The molecule has 0 saturated carbocycles. The van der Waals surface area contributed by atoms with Gasteiger partial charge in [0.05, 0.1) is 30.8 Å². The number of aromatic nitrogens is 4. The molecule has 0 bridgehead atoms. The minimum Gasteiger partial charge on any atom is -0.356 e. The van der Waals surface area contributed by atoms with Crippen molar-refractivity contribution in [3.63, 3.8) is 0 Å². The van der Waals surface area contributed by atoms with Gasteiger partial charge in [-0.1, -0.05) is 26.0 Å². The molecule has 0 N–H and O–H groups in total. The van der Waals surface area contributed by atoms with E-state index in [1.54, 1.807) is 0 Å². The summed E-state index contributed by atoms with van der Waals surface area (Å²) in [5.74, 6) is 0. The number of imidazole rings is 2. The molecule has 0 saturated heterocycles. The molecule has 0 aliphatic rings. The normalized spacial score (nSPS) is 8.70. The number of unbranched alkanes of at least 4 members (excludes halogenated alkanes) is 1. The van der Waals surface area contributed by atoms with Gasteiger partial charge in [-0.3, -0.25) is 0 Å². The van der Waals surface area contributed by atoms with E-state index in [2.05, 4.69) is 45.9 Å². The Hall–Kier alpha value is -3.44. The molecule has 0 unspecified atom stereocenters. The topological polar surface area (TPSA) is 150 Å². The average molecular weight is 386 g/mol. The van der Waals surface area contributed by atoms with E-state index in [1.807, 2.05) is 43.5 Å². The maximum absolute atomic E-state index is 8.25. The van der Waals surface area contributed by atoms with E-state index in [0.717, 1.165) is 13.1 Å². The van der Waals surface area contributed by atoms with Gasteiger partial charge in [-0.2, -0.15) is 0 Å². The summed E-state index contributed by atoms with van der Waals surface area (Å²) in [6.45, 7) is 7.89. The number of hydrogen-bond acceptors (Lipinski definition) is 6. The molecule has 27 heavy (non-hydrogen) atoms. The number of nitrogens with zero attached hydrogens (tertiary/aromatic N) is 6. The molecule has 0 fully saturated rings. The Bertz CT molecular complexity index is 649. The summed E-state index contributed by atoms with van der Waals surface area (Å²) >= 11 is 0. The number of allylic oxidation sites excluding steroid dienone is 1. The average Bonchev–Trinajstić information content (AvgIpc) is 3.14. The van der Waals surface area contributed by atoms with Crippen LogP contribution in [0.4, 0.5) is 0 Å². The highest BCUT2D eigenvalue weighted by Gasteiger charge is 1.96. The second-order valence-corrected chi connectivity index (χ2v) is 5.18. The fraction of sp³-hybridized carbons (Fsp3) is 0.467. The zero-order valence-electron chi connectivity index (χ0n) is 15.7. The molecule has 2 rings (SSSR count). The summed E-state index contributed by atoms with van der Waals surface area (Å²) in [5, 5.41) is 29.5. The first-order chi connectivity index (χ1) is 12.6. The highest BCUT2D eigenvalue weighted by atomic mass is 16.9. The zero-order chi connectivity index (χ0) is 21.2. The first-order valence-electron chi connectivity index (χ1n) is 7.88. The van der Waals surface area contributed by atoms with Crippen molar-refractivity contribution in [2.75, 3.05) is 0 Å². The maximum atomic E-state index is 8.25. The molecular formula is C15H26N6O6. The van der Waals surface area contributed by atoms with Crippen molar-refractivity contribution >= 4 is 0 Å². The van der Waals surface area contributed by atoms with Gasteiger partial charge in [-0.25, -0.2) is 18.3 Å². The lowest BCUT2D eigenvalue weighted by atomic mass is 10.3. The van der Waals surface area contributed by atoms with E-state index in [-0.39, 0.29) is 0 Å². The predicted molar refractivity (Wildman–Crippen MR) is 97.0 cm³/mol. The van der Waals surface area contributed by atoms with Gasteiger partial charge in [0, 0.05) is 0 Å². The summed E-state index contributed by atoms with van der Waals surface area (Å²) in [4.78, 5) is 16.5. The molecule has 0 spiro atoms. The van der Waals surface area contributed by atoms with Gasteiger partial charge in [0.15, 0.2) is 0 Å². The van der Waals surface area contributed by atoms with Crippen LogP contribution in [-0.4, -0.2) is 19.3 Å². The van der Waals surface area contributed by atoms with Crippen LogP contribution in [0.3, 0.4) is 0 Å². The molecule has 0 aromatic carbocycles. The van der Waals surface area contributed by atoms with Crippen LogP contribution in [0.15, 0.2) is 50.1 Å². The standard InChI is InChI=1S/C8H15N2.C7H11N2.2NO3/c1-3-4-5-10-7-6-9(2)8-10;1-3-4-9-6-5-8(2)7-9;2*2-1(3)4/h6-8H,3-5H2,1-2H3;3,5-7H,1,4H2,2H3;;/q2*+1;2*-1. The van der Waals surface area contributed by atoms with Crippen molar-refractivity contribution < 1.29 is 19.3 Å². The third-order valence-electron chi connectivity index (χ3n) is 2.76. The number of aryl methyl sites for hydroxylation is 3. The van der Waals surface area contributed by atoms with Crippen LogP contribution in [0.2, 0.25) is 0 Å². The van der Waals surface area contributed by atoms with Crippen LogP contribution >= 0.6 is 0 Å². The van der Waals surface area contributed by atoms with E-state index < -0.39 is 10.2 Å². The first-order valence-corrected chi connectivity index (χ1v) is 7.88. The van der Waals surface area contributed by atoms with E-state index in [1.165, 1.54) is 12.8 Å². The lowest BCUT2D eigenvalue weighted by Gasteiger charge is -1.90. The molecule has 0 amide bonds. The van der Waals surface area contributed by atoms with Crippen molar-refractivity contribution in [3.8, 4) is 0 Å². The van der Waals surface area contributed by atoms with E-state index in [4.69, 9.17) is 30.6 Å². The molecule has 0 aliphatic heterocycles. The second-order valence-electron chi connectivity index (χ2n) is 5.18. The van der Waals surface area contributed by atoms with Crippen LogP contribution in [0.1, 0.15) is 19.8 Å². The Morgan fingerprint density at radius 1 is 0.963 bits per heavy atom. The van der Waals surface area contributed by atoms with Gasteiger partial charge in [0.1, 0.15) is 31.3 Å². The summed E-state index contributed by atoms with van der Waals surface area (Å²) in [6, 6.07) is 0. The molecule has 152 valence electrons. The third-order valence-corrected chi connectivity index (χ3v) is 2.76. The minimum absolute atomic E-state index is 0.890. The Balaban J connectivity index is 0. The Morgan fingerprint density at radius 3 is 1.67 bits per heavy atom. The van der Waals surface area contributed by atoms with Crippen molar-refractivity contribution in [2.45, 2.75) is 32.9 Å². The van der Waals surface area contributed by atoms with Crippen LogP contribution in [0, 0.1) is 30.6 Å². The van der Waals surface area contributed by atoms with Gasteiger partial charge in [-0.05, 0) is 6.42 Å². The largest absolute Gasteiger partial charge is 0.356 e. The fourth-order valence-electron chi connectivity index (χ4n) is 1.73. The SMILES string of the molecule is C=CCn1cc[n+](C)c1.CCCCn1cc[n+](C)c1.O=[N+]([O-])[O-].O=[N+]([O-])[O-]. The monoisotopic (exact) mass is 386 g/mol. The van der Waals surface area contributed by atoms with Crippen molar-refractivity contribution in [2.24, 2.45) is 14.1 Å². The summed E-state index contributed by atoms with van der Waals surface area (Å²) in [5.41, 5.74) is 0. The third kappa shape index (κ3) is 20.5. The Kier molecular flexibility index (Phi) is 15.3. The van der Waals surface area contributed by atoms with Crippen LogP contribution in [-0.2, 0) is 27.2 Å². The van der Waals surface area contributed by atoms with Crippen molar-refractivity contribution in [1.82, 2.24) is 9.13 Å². The van der Waals surface area contributed by atoms with Gasteiger partial charge < -0.3 is 30.6 Å². The first kappa shape index (κ1) is 25.8. The molecular weight excluding hydrogens is 360 g/mol. The highest BCUT2D eigenvalue weighted by molar-refractivity contribution is 4.73. The number of rotatable bonds is 5. The highest BCUT2D eigenvalue weighted by Crippen LogP contribution is 1.91.